The number of nitrogens with one attached hydrogen (secondary N) is 1. The van der Waals surface area contributed by atoms with E-state index in [1.54, 1.807) is 0 Å². The van der Waals surface area contributed by atoms with E-state index in [4.69, 9.17) is 5.11 Å². The summed E-state index contributed by atoms with van der Waals surface area (Å²) < 4.78 is 0. The van der Waals surface area contributed by atoms with Crippen LogP contribution in [0.1, 0.15) is 19.2 Å². The van der Waals surface area contributed by atoms with Gasteiger partial charge in [-0.1, -0.05) is 36.4 Å². The van der Waals surface area contributed by atoms with E-state index in [2.05, 4.69) is 28.2 Å². The Balaban J connectivity index is 0.00000133. The molecular weight excluding hydrogens is 224 g/mol. The van der Waals surface area contributed by atoms with Gasteiger partial charge in [0.25, 0.3) is 0 Å². The van der Waals surface area contributed by atoms with Crippen LogP contribution >= 0.6 is 0 Å². The van der Waals surface area contributed by atoms with Gasteiger partial charge in [0, 0.05) is 7.00 Å². The van der Waals surface area contributed by atoms with E-state index in [1.807, 2.05) is 30.4 Å². The lowest BCUT2D eigenvalue weighted by molar-refractivity contribution is 0.282. The van der Waals surface area contributed by atoms with E-state index in [9.17, 15) is 0 Å². The Morgan fingerprint density at radius 1 is 1.33 bits per heavy atom. The number of nitrogens with zero attached hydrogens (tertiary/aromatic N) is 1. The number of aromatic nitrogens is 2. The molecule has 3 rings (SSSR count). The molecule has 3 heteroatoms. The molecule has 0 bridgehead atoms. The van der Waals surface area contributed by atoms with Crippen molar-refractivity contribution in [1.29, 1.82) is 0 Å². The number of rotatable bonds is 2. The van der Waals surface area contributed by atoms with Crippen LogP contribution < -0.4 is 0 Å². The van der Waals surface area contributed by atoms with Crippen molar-refractivity contribution in [1.82, 2.24) is 9.97 Å². The van der Waals surface area contributed by atoms with Gasteiger partial charge in [-0.2, -0.15) is 0 Å². The number of fused-ring (bicyclic) bond motifs is 1. The summed E-state index contributed by atoms with van der Waals surface area (Å²) in [6, 6.07) is 5.75. The van der Waals surface area contributed by atoms with Crippen molar-refractivity contribution >= 4 is 16.6 Å². The smallest absolute Gasteiger partial charge is 0.138 e. The summed E-state index contributed by atoms with van der Waals surface area (Å²) in [6.07, 6.45) is 11.3. The first kappa shape index (κ1) is 11.0. The average molecular weight is 240 g/mol. The molecule has 1 heterocycles. The van der Waals surface area contributed by atoms with E-state index >= 15 is 0 Å². The molecule has 0 amide bonds. The number of H-pyrrole nitrogens is 1. The summed E-state index contributed by atoms with van der Waals surface area (Å²) in [4.78, 5) is 7.85. The molecule has 92 valence electrons. The molecule has 3 nitrogen and oxygen atoms in total. The molecule has 0 fully saturated rings. The van der Waals surface area contributed by atoms with Crippen LogP contribution in [-0.4, -0.2) is 15.1 Å². The highest BCUT2D eigenvalue weighted by atomic mass is 16.3. The first-order chi connectivity index (χ1) is 8.86. The van der Waals surface area contributed by atoms with Gasteiger partial charge in [0.15, 0.2) is 0 Å². The van der Waals surface area contributed by atoms with Crippen molar-refractivity contribution in [2.24, 2.45) is 0 Å². The average Bonchev–Trinajstić information content (AvgIpc) is 2.63. The van der Waals surface area contributed by atoms with Crippen LogP contribution in [-0.2, 0) is 6.61 Å². The molecule has 0 unspecified atom stereocenters. The highest BCUT2D eigenvalue weighted by Gasteiger charge is 2.06. The minimum Gasteiger partial charge on any atom is -0.392 e. The Kier molecular flexibility index (Phi) is 2.82. The summed E-state index contributed by atoms with van der Waals surface area (Å²) in [5.74, 6) is 0.864. The number of hydrogen-bond acceptors (Lipinski definition) is 2. The van der Waals surface area contributed by atoms with Gasteiger partial charge in [0.2, 0.25) is 0 Å². The van der Waals surface area contributed by atoms with Gasteiger partial charge in [0.05, 0.1) is 17.6 Å². The fourth-order valence-electron chi connectivity index (χ4n) is 2.03. The molecular formula is C15H16N2O. The van der Waals surface area contributed by atoms with Crippen molar-refractivity contribution in [3.05, 3.63) is 60.0 Å². The predicted molar refractivity (Wildman–Crippen MR) is 75.0 cm³/mol. The monoisotopic (exact) mass is 240 g/mol. The maximum Gasteiger partial charge on any atom is 0.138 e. The van der Waals surface area contributed by atoms with Gasteiger partial charge >= 0.3 is 0 Å². The van der Waals surface area contributed by atoms with Gasteiger partial charge in [-0.15, -0.1) is 0 Å². The number of aromatic amines is 1. The molecule has 1 aliphatic rings. The summed E-state index contributed by atoms with van der Waals surface area (Å²) >= 11 is 0. The molecule has 1 aromatic carbocycles. The summed E-state index contributed by atoms with van der Waals surface area (Å²) in [7, 11) is 0. The van der Waals surface area contributed by atoms with Crippen molar-refractivity contribution in [3.63, 3.8) is 0 Å². The predicted octanol–water partition coefficient (Wildman–Crippen LogP) is 3.20. The third-order valence-corrected chi connectivity index (χ3v) is 2.98. The van der Waals surface area contributed by atoms with E-state index in [0.717, 1.165) is 34.4 Å². The van der Waals surface area contributed by atoms with Crippen LogP contribution in [0.4, 0.5) is 0 Å². The normalized spacial score (nSPS) is 14.8. The third-order valence-electron chi connectivity index (χ3n) is 2.98. The SMILES string of the molecule is OCc1ccc2nc(C3=CC=CCC=C3)[nH]c2c1.[HH]. The standard InChI is InChI=1S/C15H14N2O.H2/c18-10-11-7-8-13-14(9-11)17-15(16-13)12-5-3-1-2-4-6-12;/h1,3-9,18H,2,10H2,(H,16,17);1H. The maximum absolute atomic E-state index is 9.12. The van der Waals surface area contributed by atoms with Gasteiger partial charge in [-0.25, -0.2) is 4.98 Å². The lowest BCUT2D eigenvalue weighted by atomic mass is 10.2. The quantitative estimate of drug-likeness (QED) is 0.846. The Labute approximate surface area is 107 Å². The van der Waals surface area contributed by atoms with Crippen molar-refractivity contribution in [3.8, 4) is 0 Å². The van der Waals surface area contributed by atoms with Crippen molar-refractivity contribution in [2.75, 3.05) is 0 Å². The third kappa shape index (κ3) is 2.00. The molecule has 2 N–H and O–H groups in total. The summed E-state index contributed by atoms with van der Waals surface area (Å²) in [6.45, 7) is 0.0512. The number of imidazole rings is 1. The highest BCUT2D eigenvalue weighted by molar-refractivity contribution is 5.82. The molecule has 1 aromatic heterocycles. The lowest BCUT2D eigenvalue weighted by Gasteiger charge is -1.94. The summed E-state index contributed by atoms with van der Waals surface area (Å²) in [5.41, 5.74) is 3.84. The second kappa shape index (κ2) is 4.63. The number of hydrogen-bond donors (Lipinski definition) is 2. The van der Waals surface area contributed by atoms with Crippen molar-refractivity contribution in [2.45, 2.75) is 13.0 Å². The molecule has 0 spiro atoms. The minimum atomic E-state index is 0. The Morgan fingerprint density at radius 3 is 3.17 bits per heavy atom. The fraction of sp³-hybridized carbons (Fsp3) is 0.133. The fourth-order valence-corrected chi connectivity index (χ4v) is 2.03. The van der Waals surface area contributed by atoms with E-state index in [0.29, 0.717) is 0 Å². The summed E-state index contributed by atoms with van der Waals surface area (Å²) in [5, 5.41) is 9.12. The topological polar surface area (TPSA) is 48.9 Å². The molecule has 1 aliphatic carbocycles. The Morgan fingerprint density at radius 2 is 2.28 bits per heavy atom. The largest absolute Gasteiger partial charge is 0.392 e. The van der Waals surface area contributed by atoms with Gasteiger partial charge in [-0.05, 0) is 24.1 Å². The van der Waals surface area contributed by atoms with Crippen LogP contribution in [0.2, 0.25) is 0 Å². The second-order valence-corrected chi connectivity index (χ2v) is 4.28. The zero-order chi connectivity index (χ0) is 12.4. The zero-order valence-corrected chi connectivity index (χ0v) is 9.93. The first-order valence-corrected chi connectivity index (χ1v) is 6.00. The molecule has 0 aliphatic heterocycles. The van der Waals surface area contributed by atoms with Crippen LogP contribution in [0.5, 0.6) is 0 Å². The zero-order valence-electron chi connectivity index (χ0n) is 9.93. The number of aliphatic hydroxyl groups excluding tert-OH is 1. The van der Waals surface area contributed by atoms with Gasteiger partial charge in [-0.3, -0.25) is 0 Å². The van der Waals surface area contributed by atoms with Crippen molar-refractivity contribution < 1.29 is 6.53 Å². The van der Waals surface area contributed by atoms with Crippen LogP contribution in [0.15, 0.2) is 48.6 Å². The number of aliphatic hydroxyl groups is 1. The maximum atomic E-state index is 9.12. The lowest BCUT2D eigenvalue weighted by Crippen LogP contribution is -1.82. The Bertz CT molecular complexity index is 668. The minimum absolute atomic E-state index is 0. The first-order valence-electron chi connectivity index (χ1n) is 6.00. The van der Waals surface area contributed by atoms with Gasteiger partial charge in [0.1, 0.15) is 5.82 Å². The molecule has 0 saturated heterocycles. The molecule has 18 heavy (non-hydrogen) atoms. The van der Waals surface area contributed by atoms with E-state index < -0.39 is 0 Å². The number of allylic oxidation sites excluding steroid dienone is 6. The van der Waals surface area contributed by atoms with E-state index in [-0.39, 0.29) is 8.03 Å². The molecule has 0 radical (unpaired) electrons. The second-order valence-electron chi connectivity index (χ2n) is 4.28. The molecule has 0 saturated carbocycles. The van der Waals surface area contributed by atoms with Crippen LogP contribution in [0, 0.1) is 0 Å². The van der Waals surface area contributed by atoms with Gasteiger partial charge < -0.3 is 10.1 Å². The van der Waals surface area contributed by atoms with Crippen LogP contribution in [0.25, 0.3) is 16.6 Å². The Hall–Kier alpha value is -2.13. The number of benzene rings is 1. The highest BCUT2D eigenvalue weighted by Crippen LogP contribution is 2.20. The molecule has 2 aromatic rings. The molecule has 0 atom stereocenters. The van der Waals surface area contributed by atoms with Crippen LogP contribution in [0.3, 0.4) is 0 Å². The van der Waals surface area contributed by atoms with E-state index in [1.165, 1.54) is 0 Å².